The van der Waals surface area contributed by atoms with Crippen LogP contribution in [0.4, 0.5) is 9.39 Å². The van der Waals surface area contributed by atoms with Crippen LogP contribution in [0.1, 0.15) is 61.5 Å². The van der Waals surface area contributed by atoms with E-state index in [1.807, 2.05) is 18.2 Å². The fourth-order valence-electron chi connectivity index (χ4n) is 5.07. The van der Waals surface area contributed by atoms with Crippen molar-refractivity contribution in [2.24, 2.45) is 11.0 Å². The van der Waals surface area contributed by atoms with Crippen molar-refractivity contribution in [1.29, 1.82) is 0 Å². The number of aliphatic hydroxyl groups is 1. The lowest BCUT2D eigenvalue weighted by Gasteiger charge is -2.31. The largest absolute Gasteiger partial charge is 0.396 e. The van der Waals surface area contributed by atoms with Gasteiger partial charge in [0, 0.05) is 23.6 Å². The maximum absolute atomic E-state index is 13.2. The Hall–Kier alpha value is -3.40. The topological polar surface area (TPSA) is 94.0 Å². The molecular weight excluding hydrogens is 503 g/mol. The van der Waals surface area contributed by atoms with Crippen LogP contribution >= 0.6 is 11.3 Å². The summed E-state index contributed by atoms with van der Waals surface area (Å²) in [5, 5.41) is 16.9. The first-order valence-corrected chi connectivity index (χ1v) is 13.8. The predicted octanol–water partition coefficient (Wildman–Crippen LogP) is 4.60. The van der Waals surface area contributed by atoms with E-state index in [4.69, 9.17) is 0 Å². The minimum Gasteiger partial charge on any atom is -0.396 e. The highest BCUT2D eigenvalue weighted by Crippen LogP contribution is 2.39. The maximum Gasteiger partial charge on any atom is 0.274 e. The number of thiophene rings is 1. The summed E-state index contributed by atoms with van der Waals surface area (Å²) in [6.45, 7) is 2.87. The van der Waals surface area contributed by atoms with Crippen molar-refractivity contribution in [2.75, 3.05) is 25.0 Å². The fraction of sp³-hybridized carbons (Fsp3) is 0.345. The Morgan fingerprint density at radius 2 is 1.89 bits per heavy atom. The summed E-state index contributed by atoms with van der Waals surface area (Å²) in [6, 6.07) is 13.4. The van der Waals surface area contributed by atoms with Gasteiger partial charge in [-0.2, -0.15) is 5.10 Å². The number of nitrogens with one attached hydrogen (secondary N) is 2. The Balaban J connectivity index is 1.27. The van der Waals surface area contributed by atoms with E-state index in [0.717, 1.165) is 67.7 Å². The predicted molar refractivity (Wildman–Crippen MR) is 147 cm³/mol. The zero-order valence-electron chi connectivity index (χ0n) is 21.1. The number of piperidine rings is 1. The summed E-state index contributed by atoms with van der Waals surface area (Å²) >= 11 is 1.45. The second-order valence-electron chi connectivity index (χ2n) is 9.87. The Labute approximate surface area is 225 Å². The number of halogens is 1. The maximum atomic E-state index is 13.2. The Bertz CT molecular complexity index is 1330. The minimum absolute atomic E-state index is 0.246. The van der Waals surface area contributed by atoms with E-state index < -0.39 is 0 Å². The highest BCUT2D eigenvalue weighted by Gasteiger charge is 2.28. The molecule has 38 heavy (non-hydrogen) atoms. The van der Waals surface area contributed by atoms with E-state index in [-0.39, 0.29) is 24.2 Å². The normalized spacial score (nSPS) is 16.1. The molecule has 0 unspecified atom stereocenters. The van der Waals surface area contributed by atoms with E-state index in [9.17, 15) is 19.1 Å². The molecule has 1 saturated heterocycles. The van der Waals surface area contributed by atoms with Crippen LogP contribution in [0.25, 0.3) is 0 Å². The van der Waals surface area contributed by atoms with E-state index in [2.05, 4.69) is 20.7 Å². The molecule has 0 saturated carbocycles. The van der Waals surface area contributed by atoms with Crippen molar-refractivity contribution in [1.82, 2.24) is 10.3 Å². The third kappa shape index (κ3) is 6.18. The van der Waals surface area contributed by atoms with Crippen LogP contribution in [-0.2, 0) is 19.4 Å². The average Bonchev–Trinajstić information content (AvgIpc) is 3.51. The van der Waals surface area contributed by atoms with Gasteiger partial charge in [0.05, 0.1) is 11.8 Å². The van der Waals surface area contributed by atoms with Gasteiger partial charge in [-0.1, -0.05) is 24.3 Å². The third-order valence-corrected chi connectivity index (χ3v) is 8.39. The smallest absolute Gasteiger partial charge is 0.274 e. The van der Waals surface area contributed by atoms with E-state index in [0.29, 0.717) is 27.6 Å². The number of hydrogen-bond donors (Lipinski definition) is 3. The van der Waals surface area contributed by atoms with Gasteiger partial charge in [0.1, 0.15) is 10.8 Å². The molecule has 1 fully saturated rings. The Morgan fingerprint density at radius 1 is 1.11 bits per heavy atom. The average molecular weight is 535 g/mol. The van der Waals surface area contributed by atoms with Crippen molar-refractivity contribution < 1.29 is 19.1 Å². The molecule has 2 amide bonds. The first-order valence-electron chi connectivity index (χ1n) is 13.0. The number of aliphatic hydroxyl groups excluding tert-OH is 1. The second kappa shape index (κ2) is 12.0. The van der Waals surface area contributed by atoms with Gasteiger partial charge in [-0.05, 0) is 92.1 Å². The molecule has 1 aliphatic carbocycles. The van der Waals surface area contributed by atoms with Crippen LogP contribution in [-0.4, -0.2) is 47.7 Å². The molecule has 3 aromatic rings. The van der Waals surface area contributed by atoms with Crippen LogP contribution in [0.15, 0.2) is 53.6 Å². The highest BCUT2D eigenvalue weighted by molar-refractivity contribution is 7.17. The quantitative estimate of drug-likeness (QED) is 0.291. The minimum atomic E-state index is -0.377. The first kappa shape index (κ1) is 26.2. The molecule has 3 N–H and O–H groups in total. The van der Waals surface area contributed by atoms with Crippen LogP contribution in [0, 0.1) is 11.7 Å². The van der Waals surface area contributed by atoms with Crippen molar-refractivity contribution >= 4 is 34.4 Å². The standard InChI is InChI=1S/C29H31FN4O3S/c30-23-9-7-19(8-10-23)16-31-33-28(37)26-24-5-2-6-25(24)38-29(26)32-27(36)22-4-1-3-21(15-22)17-34-13-11-20(18-35)12-14-34/h1,3-4,7-10,15-16,20,35H,2,5-6,11-14,17-18H2,(H,32,36)(H,33,37). The number of hydrogen-bond acceptors (Lipinski definition) is 6. The number of likely N-dealkylation sites (tertiary alicyclic amines) is 1. The van der Waals surface area contributed by atoms with E-state index in [1.54, 1.807) is 18.2 Å². The number of rotatable bonds is 8. The van der Waals surface area contributed by atoms with Crippen LogP contribution < -0.4 is 10.7 Å². The van der Waals surface area contributed by atoms with Gasteiger partial charge >= 0.3 is 0 Å². The monoisotopic (exact) mass is 534 g/mol. The first-order chi connectivity index (χ1) is 18.5. The van der Waals surface area contributed by atoms with Crippen molar-refractivity contribution in [3.63, 3.8) is 0 Å². The molecule has 2 aliphatic rings. The third-order valence-electron chi connectivity index (χ3n) is 7.19. The SMILES string of the molecule is O=C(Nc1sc2c(c1C(=O)NN=Cc1ccc(F)cc1)CCC2)c1cccc(CN2CCC(CO)CC2)c1. The zero-order chi connectivity index (χ0) is 26.5. The van der Waals surface area contributed by atoms with Gasteiger partial charge in [-0.15, -0.1) is 11.3 Å². The number of hydrazone groups is 1. The molecule has 198 valence electrons. The lowest BCUT2D eigenvalue weighted by atomic mass is 9.97. The molecule has 1 aliphatic heterocycles. The fourth-order valence-corrected chi connectivity index (χ4v) is 6.36. The summed E-state index contributed by atoms with van der Waals surface area (Å²) in [6.07, 6.45) is 6.08. The van der Waals surface area contributed by atoms with Gasteiger partial charge in [0.2, 0.25) is 0 Å². The summed E-state index contributed by atoms with van der Waals surface area (Å²) in [5.74, 6) is -0.586. The number of carbonyl (C=O) groups is 2. The van der Waals surface area contributed by atoms with Gasteiger partial charge in [-0.3, -0.25) is 14.5 Å². The van der Waals surface area contributed by atoms with Crippen LogP contribution in [0.3, 0.4) is 0 Å². The molecule has 0 radical (unpaired) electrons. The molecule has 9 heteroatoms. The second-order valence-corrected chi connectivity index (χ2v) is 11.0. The highest BCUT2D eigenvalue weighted by atomic mass is 32.1. The van der Waals surface area contributed by atoms with Crippen molar-refractivity contribution in [2.45, 2.75) is 38.6 Å². The zero-order valence-corrected chi connectivity index (χ0v) is 21.9. The number of aryl methyl sites for hydroxylation is 1. The van der Waals surface area contributed by atoms with E-state index in [1.165, 1.54) is 29.7 Å². The van der Waals surface area contributed by atoms with Crippen LogP contribution in [0.5, 0.6) is 0 Å². The van der Waals surface area contributed by atoms with Gasteiger partial charge in [0.15, 0.2) is 0 Å². The van der Waals surface area contributed by atoms with Gasteiger partial charge < -0.3 is 10.4 Å². The van der Waals surface area contributed by atoms with Crippen LogP contribution in [0.2, 0.25) is 0 Å². The number of nitrogens with zero attached hydrogens (tertiary/aromatic N) is 2. The van der Waals surface area contributed by atoms with Crippen molar-refractivity contribution in [3.05, 3.63) is 87.0 Å². The lowest BCUT2D eigenvalue weighted by Crippen LogP contribution is -2.34. The summed E-state index contributed by atoms with van der Waals surface area (Å²) < 4.78 is 13.1. The molecule has 0 bridgehead atoms. The molecule has 0 atom stereocenters. The molecule has 5 rings (SSSR count). The molecule has 1 aromatic heterocycles. The molecule has 2 heterocycles. The number of carbonyl (C=O) groups excluding carboxylic acids is 2. The number of fused-ring (bicyclic) bond motifs is 1. The molecule has 0 spiro atoms. The van der Waals surface area contributed by atoms with Gasteiger partial charge in [-0.25, -0.2) is 9.82 Å². The van der Waals surface area contributed by atoms with Gasteiger partial charge in [0.25, 0.3) is 11.8 Å². The van der Waals surface area contributed by atoms with Crippen molar-refractivity contribution in [3.8, 4) is 0 Å². The Morgan fingerprint density at radius 3 is 2.66 bits per heavy atom. The summed E-state index contributed by atoms with van der Waals surface area (Å²) in [7, 11) is 0. The lowest BCUT2D eigenvalue weighted by molar-refractivity contribution is 0.0955. The number of amides is 2. The number of benzene rings is 2. The number of anilines is 1. The molecule has 7 nitrogen and oxygen atoms in total. The molecule has 2 aromatic carbocycles. The summed E-state index contributed by atoms with van der Waals surface area (Å²) in [4.78, 5) is 29.8. The summed E-state index contributed by atoms with van der Waals surface area (Å²) in [5.41, 5.74) is 6.27. The molecular formula is C29H31FN4O3S. The Kier molecular flexibility index (Phi) is 8.26. The van der Waals surface area contributed by atoms with E-state index >= 15 is 0 Å².